The maximum absolute atomic E-state index is 12.7. The van der Waals surface area contributed by atoms with Crippen LogP contribution in [0.3, 0.4) is 0 Å². The number of rotatable bonds is 8. The molecular formula is C21H34N4O4. The van der Waals surface area contributed by atoms with Crippen LogP contribution in [0.1, 0.15) is 45.4 Å². The number of morpholine rings is 1. The Bertz CT molecular complexity index is 663. The van der Waals surface area contributed by atoms with Crippen LogP contribution in [0.2, 0.25) is 0 Å². The predicted molar refractivity (Wildman–Crippen MR) is 108 cm³/mol. The molecular weight excluding hydrogens is 372 g/mol. The summed E-state index contributed by atoms with van der Waals surface area (Å²) in [6, 6.07) is 0.568. The van der Waals surface area contributed by atoms with Gasteiger partial charge in [-0.2, -0.15) is 0 Å². The molecule has 3 heterocycles. The number of esters is 1. The van der Waals surface area contributed by atoms with E-state index in [0.29, 0.717) is 18.9 Å². The van der Waals surface area contributed by atoms with Gasteiger partial charge in [-0.25, -0.2) is 4.98 Å². The summed E-state index contributed by atoms with van der Waals surface area (Å²) in [6.45, 7) is 9.27. The summed E-state index contributed by atoms with van der Waals surface area (Å²) in [6.07, 6.45) is 7.15. The average Bonchev–Trinajstić information content (AvgIpc) is 3.19. The molecule has 1 atom stereocenters. The SMILES string of the molecule is CCC(C)OC(=O)Cn1ccnc1CCC(=O)N1CCC(N2CCOCC2)CC1. The Morgan fingerprint density at radius 2 is 1.97 bits per heavy atom. The number of piperidine rings is 1. The van der Waals surface area contributed by atoms with E-state index in [2.05, 4.69) is 9.88 Å². The van der Waals surface area contributed by atoms with E-state index < -0.39 is 0 Å². The summed E-state index contributed by atoms with van der Waals surface area (Å²) in [4.78, 5) is 33.5. The molecule has 3 rings (SSSR count). The van der Waals surface area contributed by atoms with Crippen LogP contribution in [0.15, 0.2) is 12.4 Å². The zero-order valence-electron chi connectivity index (χ0n) is 17.7. The van der Waals surface area contributed by atoms with Crippen LogP contribution in [0, 0.1) is 0 Å². The van der Waals surface area contributed by atoms with Gasteiger partial charge in [0.2, 0.25) is 5.91 Å². The Kier molecular flexibility index (Phi) is 8.06. The largest absolute Gasteiger partial charge is 0.461 e. The highest BCUT2D eigenvalue weighted by molar-refractivity contribution is 5.76. The van der Waals surface area contributed by atoms with E-state index in [-0.39, 0.29) is 24.5 Å². The Hall–Kier alpha value is -1.93. The maximum atomic E-state index is 12.7. The highest BCUT2D eigenvalue weighted by atomic mass is 16.5. The Morgan fingerprint density at radius 3 is 2.66 bits per heavy atom. The molecule has 162 valence electrons. The van der Waals surface area contributed by atoms with Crippen molar-refractivity contribution in [2.24, 2.45) is 0 Å². The average molecular weight is 407 g/mol. The normalized spacial score (nSPS) is 19.9. The number of nitrogens with zero attached hydrogens (tertiary/aromatic N) is 4. The second-order valence-electron chi connectivity index (χ2n) is 7.94. The molecule has 1 aromatic heterocycles. The number of hydrogen-bond donors (Lipinski definition) is 0. The van der Waals surface area contributed by atoms with E-state index in [1.165, 1.54) is 0 Å². The van der Waals surface area contributed by atoms with Crippen molar-refractivity contribution in [2.75, 3.05) is 39.4 Å². The fraction of sp³-hybridized carbons (Fsp3) is 0.762. The van der Waals surface area contributed by atoms with E-state index >= 15 is 0 Å². The molecule has 0 radical (unpaired) electrons. The van der Waals surface area contributed by atoms with Crippen molar-refractivity contribution in [1.82, 2.24) is 19.4 Å². The minimum atomic E-state index is -0.268. The monoisotopic (exact) mass is 406 g/mol. The third kappa shape index (κ3) is 6.27. The predicted octanol–water partition coefficient (Wildman–Crippen LogP) is 1.48. The lowest BCUT2D eigenvalue weighted by Gasteiger charge is -2.40. The van der Waals surface area contributed by atoms with Gasteiger partial charge in [0.15, 0.2) is 0 Å². The van der Waals surface area contributed by atoms with Crippen LogP contribution in [0.4, 0.5) is 0 Å². The van der Waals surface area contributed by atoms with Crippen molar-refractivity contribution in [3.63, 3.8) is 0 Å². The Labute approximate surface area is 173 Å². The molecule has 1 unspecified atom stereocenters. The van der Waals surface area contributed by atoms with E-state index in [1.54, 1.807) is 17.0 Å². The zero-order valence-corrected chi connectivity index (χ0v) is 17.7. The van der Waals surface area contributed by atoms with Crippen LogP contribution in [-0.2, 0) is 32.0 Å². The van der Waals surface area contributed by atoms with Gasteiger partial charge in [0.1, 0.15) is 12.4 Å². The molecule has 29 heavy (non-hydrogen) atoms. The number of hydrogen-bond acceptors (Lipinski definition) is 6. The summed E-state index contributed by atoms with van der Waals surface area (Å²) >= 11 is 0. The van der Waals surface area contributed by atoms with Gasteiger partial charge in [-0.15, -0.1) is 0 Å². The number of ether oxygens (including phenoxy) is 2. The van der Waals surface area contributed by atoms with Crippen molar-refractivity contribution in [3.05, 3.63) is 18.2 Å². The lowest BCUT2D eigenvalue weighted by Crippen LogP contribution is -2.50. The minimum absolute atomic E-state index is 0.0866. The van der Waals surface area contributed by atoms with Gasteiger partial charge in [-0.1, -0.05) is 6.92 Å². The molecule has 2 aliphatic heterocycles. The summed E-state index contributed by atoms with van der Waals surface area (Å²) in [7, 11) is 0. The first-order valence-corrected chi connectivity index (χ1v) is 10.9. The number of imidazole rings is 1. The van der Waals surface area contributed by atoms with Gasteiger partial charge >= 0.3 is 5.97 Å². The number of aryl methyl sites for hydroxylation is 1. The summed E-state index contributed by atoms with van der Waals surface area (Å²) in [5, 5.41) is 0. The summed E-state index contributed by atoms with van der Waals surface area (Å²) in [5.74, 6) is 0.653. The van der Waals surface area contributed by atoms with E-state index in [1.807, 2.05) is 18.7 Å². The molecule has 0 spiro atoms. The van der Waals surface area contributed by atoms with Gasteiger partial charge < -0.3 is 18.9 Å². The molecule has 1 aromatic rings. The number of likely N-dealkylation sites (tertiary alicyclic amines) is 1. The first-order valence-electron chi connectivity index (χ1n) is 10.9. The molecule has 0 aliphatic carbocycles. The Morgan fingerprint density at radius 1 is 1.24 bits per heavy atom. The van der Waals surface area contributed by atoms with Crippen molar-refractivity contribution in [1.29, 1.82) is 0 Å². The lowest BCUT2D eigenvalue weighted by atomic mass is 10.0. The molecule has 1 amide bonds. The zero-order chi connectivity index (χ0) is 20.6. The number of amides is 1. The third-order valence-corrected chi connectivity index (χ3v) is 5.95. The molecule has 2 fully saturated rings. The van der Waals surface area contributed by atoms with Crippen molar-refractivity contribution in [2.45, 2.75) is 64.6 Å². The quantitative estimate of drug-likeness (QED) is 0.609. The van der Waals surface area contributed by atoms with Gasteiger partial charge in [0.05, 0.1) is 19.3 Å². The van der Waals surface area contributed by atoms with E-state index in [4.69, 9.17) is 9.47 Å². The Balaban J connectivity index is 1.42. The molecule has 0 saturated carbocycles. The van der Waals surface area contributed by atoms with Crippen molar-refractivity contribution < 1.29 is 19.1 Å². The van der Waals surface area contributed by atoms with Gasteiger partial charge in [-0.3, -0.25) is 14.5 Å². The van der Waals surface area contributed by atoms with Crippen LogP contribution >= 0.6 is 0 Å². The van der Waals surface area contributed by atoms with Crippen molar-refractivity contribution in [3.8, 4) is 0 Å². The summed E-state index contributed by atoms with van der Waals surface area (Å²) in [5.41, 5.74) is 0. The minimum Gasteiger partial charge on any atom is -0.461 e. The van der Waals surface area contributed by atoms with Gasteiger partial charge in [-0.05, 0) is 26.2 Å². The fourth-order valence-electron chi connectivity index (χ4n) is 4.00. The number of carbonyl (C=O) groups is 2. The molecule has 0 N–H and O–H groups in total. The second-order valence-corrected chi connectivity index (χ2v) is 7.94. The first-order chi connectivity index (χ1) is 14.1. The standard InChI is InChI=1S/C21H34N4O4/c1-3-17(2)29-21(27)16-25-11-8-22-19(25)4-5-20(26)24-9-6-18(7-10-24)23-12-14-28-15-13-23/h8,11,17-18H,3-7,9-10,12-16H2,1-2H3. The second kappa shape index (κ2) is 10.7. The van der Waals surface area contributed by atoms with Crippen molar-refractivity contribution >= 4 is 11.9 Å². The third-order valence-electron chi connectivity index (χ3n) is 5.95. The van der Waals surface area contributed by atoms with Crippen LogP contribution in [0.25, 0.3) is 0 Å². The smallest absolute Gasteiger partial charge is 0.326 e. The molecule has 8 nitrogen and oxygen atoms in total. The molecule has 2 saturated heterocycles. The topological polar surface area (TPSA) is 76.9 Å². The molecule has 0 aromatic carbocycles. The van der Waals surface area contributed by atoms with Crippen LogP contribution in [0.5, 0.6) is 0 Å². The molecule has 8 heteroatoms. The highest BCUT2D eigenvalue weighted by Gasteiger charge is 2.27. The lowest BCUT2D eigenvalue weighted by molar-refractivity contribution is -0.149. The van der Waals surface area contributed by atoms with E-state index in [9.17, 15) is 9.59 Å². The fourth-order valence-corrected chi connectivity index (χ4v) is 4.00. The number of carbonyl (C=O) groups excluding carboxylic acids is 2. The van der Waals surface area contributed by atoms with Gasteiger partial charge in [0.25, 0.3) is 0 Å². The van der Waals surface area contributed by atoms with Crippen LogP contribution < -0.4 is 0 Å². The molecule has 2 aliphatic rings. The first kappa shape index (κ1) is 21.8. The van der Waals surface area contributed by atoms with Gasteiger partial charge in [0, 0.05) is 57.5 Å². The van der Waals surface area contributed by atoms with Crippen LogP contribution in [-0.4, -0.2) is 82.8 Å². The van der Waals surface area contributed by atoms with E-state index in [0.717, 1.165) is 64.5 Å². The number of aromatic nitrogens is 2. The molecule has 0 bridgehead atoms. The highest BCUT2D eigenvalue weighted by Crippen LogP contribution is 2.18. The maximum Gasteiger partial charge on any atom is 0.326 e. The summed E-state index contributed by atoms with van der Waals surface area (Å²) < 4.78 is 12.5.